The maximum atomic E-state index is 12.8. The molecule has 0 N–H and O–H groups in total. The summed E-state index contributed by atoms with van der Waals surface area (Å²) in [5.41, 5.74) is -0.0724. The number of esters is 1. The standard InChI is InChI=1S/C22H32O3/c1-21(2,3)25-20(23)16-12-17-22(14-7-5-4-6-8-14)15-10-9-13(11-15)18(22)19(16)24-17/h9-10,13-19H,4-8,11-12H2,1-3H3. The molecule has 3 nitrogen and oxygen atoms in total. The van der Waals surface area contributed by atoms with Crippen molar-refractivity contribution in [2.75, 3.05) is 0 Å². The Labute approximate surface area is 151 Å². The van der Waals surface area contributed by atoms with E-state index < -0.39 is 5.60 Å². The van der Waals surface area contributed by atoms with Gasteiger partial charge < -0.3 is 9.47 Å². The number of carbonyl (C=O) groups is 1. The van der Waals surface area contributed by atoms with Crippen LogP contribution in [0.25, 0.3) is 0 Å². The summed E-state index contributed by atoms with van der Waals surface area (Å²) in [4.78, 5) is 12.8. The molecule has 0 amide bonds. The van der Waals surface area contributed by atoms with E-state index in [2.05, 4.69) is 12.2 Å². The van der Waals surface area contributed by atoms with Crippen molar-refractivity contribution in [1.82, 2.24) is 0 Å². The number of ether oxygens (including phenoxy) is 2. The third-order valence-electron chi connectivity index (χ3n) is 7.92. The molecule has 5 aliphatic rings. The second-order valence-electron chi connectivity index (χ2n) is 10.2. The molecular weight excluding hydrogens is 312 g/mol. The van der Waals surface area contributed by atoms with Crippen LogP contribution in [0, 0.1) is 35.0 Å². The van der Waals surface area contributed by atoms with Gasteiger partial charge in [0.05, 0.1) is 18.1 Å². The largest absolute Gasteiger partial charge is 0.460 e. The van der Waals surface area contributed by atoms with Crippen LogP contribution < -0.4 is 0 Å². The van der Waals surface area contributed by atoms with Crippen molar-refractivity contribution in [3.63, 3.8) is 0 Å². The van der Waals surface area contributed by atoms with Crippen molar-refractivity contribution < 1.29 is 14.3 Å². The zero-order valence-electron chi connectivity index (χ0n) is 15.9. The summed E-state index contributed by atoms with van der Waals surface area (Å²) < 4.78 is 12.3. The number of hydrogen-bond donors (Lipinski definition) is 0. The normalized spacial score (nSPS) is 48.1. The van der Waals surface area contributed by atoms with Crippen molar-refractivity contribution in [3.8, 4) is 0 Å². The van der Waals surface area contributed by atoms with Crippen LogP contribution in [0.15, 0.2) is 12.2 Å². The minimum absolute atomic E-state index is 0.0241. The topological polar surface area (TPSA) is 35.5 Å². The number of fused-ring (bicyclic) bond motifs is 9. The van der Waals surface area contributed by atoms with Gasteiger partial charge in [-0.3, -0.25) is 4.79 Å². The second-order valence-corrected chi connectivity index (χ2v) is 10.2. The van der Waals surface area contributed by atoms with Crippen LogP contribution in [0.1, 0.15) is 65.7 Å². The fourth-order valence-electron chi connectivity index (χ4n) is 7.37. The molecule has 0 radical (unpaired) electrons. The molecule has 7 atom stereocenters. The van der Waals surface area contributed by atoms with Gasteiger partial charge in [-0.25, -0.2) is 0 Å². The number of rotatable bonds is 2. The van der Waals surface area contributed by atoms with E-state index in [0.717, 1.165) is 12.3 Å². The van der Waals surface area contributed by atoms with Gasteiger partial charge in [-0.1, -0.05) is 31.4 Å². The first-order valence-corrected chi connectivity index (χ1v) is 10.5. The van der Waals surface area contributed by atoms with Crippen LogP contribution in [-0.2, 0) is 14.3 Å². The van der Waals surface area contributed by atoms with Crippen LogP contribution in [0.4, 0.5) is 0 Å². The van der Waals surface area contributed by atoms with Gasteiger partial charge in [0.15, 0.2) is 0 Å². The average Bonchev–Trinajstić information content (AvgIpc) is 3.31. The third kappa shape index (κ3) is 2.17. The monoisotopic (exact) mass is 344 g/mol. The van der Waals surface area contributed by atoms with Crippen LogP contribution in [0.2, 0.25) is 0 Å². The highest BCUT2D eigenvalue weighted by atomic mass is 16.6. The highest BCUT2D eigenvalue weighted by molar-refractivity contribution is 5.74. The van der Waals surface area contributed by atoms with Crippen molar-refractivity contribution in [2.45, 2.75) is 83.5 Å². The van der Waals surface area contributed by atoms with E-state index in [1.54, 1.807) is 0 Å². The molecule has 3 heteroatoms. The lowest BCUT2D eigenvalue weighted by molar-refractivity contribution is -0.163. The van der Waals surface area contributed by atoms with Crippen molar-refractivity contribution in [1.29, 1.82) is 0 Å². The Morgan fingerprint density at radius 1 is 1.12 bits per heavy atom. The first-order chi connectivity index (χ1) is 11.9. The Bertz CT molecular complexity index is 597. The quantitative estimate of drug-likeness (QED) is 0.546. The summed E-state index contributed by atoms with van der Waals surface area (Å²) >= 11 is 0. The maximum absolute atomic E-state index is 12.8. The first-order valence-electron chi connectivity index (χ1n) is 10.5. The maximum Gasteiger partial charge on any atom is 0.312 e. The lowest BCUT2D eigenvalue weighted by atomic mass is 9.51. The molecule has 4 fully saturated rings. The summed E-state index contributed by atoms with van der Waals surface area (Å²) in [6.45, 7) is 5.89. The van der Waals surface area contributed by atoms with E-state index in [4.69, 9.17) is 9.47 Å². The molecule has 0 aromatic rings. The van der Waals surface area contributed by atoms with E-state index in [9.17, 15) is 4.79 Å². The van der Waals surface area contributed by atoms with Crippen LogP contribution >= 0.6 is 0 Å². The third-order valence-corrected chi connectivity index (χ3v) is 7.92. The van der Waals surface area contributed by atoms with Gasteiger partial charge in [-0.05, 0) is 64.2 Å². The number of carbonyl (C=O) groups excluding carboxylic acids is 1. The summed E-state index contributed by atoms with van der Waals surface area (Å²) in [7, 11) is 0. The number of hydrogen-bond acceptors (Lipinski definition) is 3. The van der Waals surface area contributed by atoms with Gasteiger partial charge in [0.2, 0.25) is 0 Å². The van der Waals surface area contributed by atoms with E-state index in [-0.39, 0.29) is 24.1 Å². The van der Waals surface area contributed by atoms with E-state index in [1.807, 2.05) is 20.8 Å². The fraction of sp³-hybridized carbons (Fsp3) is 0.864. The smallest absolute Gasteiger partial charge is 0.312 e. The predicted octanol–water partition coefficient (Wildman–Crippen LogP) is 4.50. The lowest BCUT2D eigenvalue weighted by Gasteiger charge is -2.50. The molecule has 2 saturated heterocycles. The Morgan fingerprint density at radius 2 is 1.88 bits per heavy atom. The molecule has 2 heterocycles. The van der Waals surface area contributed by atoms with E-state index >= 15 is 0 Å². The van der Waals surface area contributed by atoms with E-state index in [1.165, 1.54) is 38.5 Å². The minimum atomic E-state index is -0.409. The zero-order valence-corrected chi connectivity index (χ0v) is 15.9. The van der Waals surface area contributed by atoms with Crippen molar-refractivity contribution >= 4 is 5.97 Å². The molecule has 2 aliphatic heterocycles. The van der Waals surface area contributed by atoms with Crippen LogP contribution in [-0.4, -0.2) is 23.8 Å². The fourth-order valence-corrected chi connectivity index (χ4v) is 7.37. The zero-order chi connectivity index (χ0) is 17.4. The van der Waals surface area contributed by atoms with Crippen LogP contribution in [0.5, 0.6) is 0 Å². The summed E-state index contributed by atoms with van der Waals surface area (Å²) in [5, 5.41) is 0. The first kappa shape index (κ1) is 16.4. The van der Waals surface area contributed by atoms with Gasteiger partial charge in [0.1, 0.15) is 5.60 Å². The molecule has 0 spiro atoms. The van der Waals surface area contributed by atoms with Crippen molar-refractivity contribution in [3.05, 3.63) is 12.2 Å². The molecule has 0 aromatic carbocycles. The molecule has 0 aromatic heterocycles. The second kappa shape index (κ2) is 5.34. The number of allylic oxidation sites excluding steroid dienone is 2. The molecule has 7 unspecified atom stereocenters. The lowest BCUT2D eigenvalue weighted by Crippen LogP contribution is -2.52. The molecule has 2 saturated carbocycles. The van der Waals surface area contributed by atoms with Gasteiger partial charge in [-0.2, -0.15) is 0 Å². The predicted molar refractivity (Wildman–Crippen MR) is 95.8 cm³/mol. The highest BCUT2D eigenvalue weighted by Crippen LogP contribution is 2.72. The van der Waals surface area contributed by atoms with E-state index in [0.29, 0.717) is 23.2 Å². The molecule has 4 bridgehead atoms. The summed E-state index contributed by atoms with van der Waals surface area (Å²) in [6.07, 6.45) is 14.4. The van der Waals surface area contributed by atoms with Crippen molar-refractivity contribution in [2.24, 2.45) is 35.0 Å². The summed E-state index contributed by atoms with van der Waals surface area (Å²) in [6, 6.07) is 0. The van der Waals surface area contributed by atoms with Crippen LogP contribution in [0.3, 0.4) is 0 Å². The molecule has 5 rings (SSSR count). The average molecular weight is 344 g/mol. The highest BCUT2D eigenvalue weighted by Gasteiger charge is 2.74. The summed E-state index contributed by atoms with van der Waals surface area (Å²) in [5.74, 6) is 2.62. The SMILES string of the molecule is CC(C)(C)OC(=O)C1CC2OC1C1C3C=CC(C3)C21C1CCCCC1. The van der Waals surface area contributed by atoms with Gasteiger partial charge in [-0.15, -0.1) is 0 Å². The molecular formula is C22H32O3. The van der Waals surface area contributed by atoms with Gasteiger partial charge >= 0.3 is 5.97 Å². The Hall–Kier alpha value is -0.830. The Morgan fingerprint density at radius 3 is 2.60 bits per heavy atom. The van der Waals surface area contributed by atoms with Gasteiger partial charge in [0, 0.05) is 11.3 Å². The molecule has 3 aliphatic carbocycles. The molecule has 138 valence electrons. The van der Waals surface area contributed by atoms with Gasteiger partial charge in [0.25, 0.3) is 0 Å². The Balaban J connectivity index is 1.45. The Kier molecular flexibility index (Phi) is 3.49. The minimum Gasteiger partial charge on any atom is -0.460 e. The molecule has 25 heavy (non-hydrogen) atoms.